The summed E-state index contributed by atoms with van der Waals surface area (Å²) in [6.07, 6.45) is 2.52. The van der Waals surface area contributed by atoms with Gasteiger partial charge in [-0.25, -0.2) is 9.07 Å². The molecule has 0 aliphatic heterocycles. The molecule has 2 aromatic heterocycles. The molecule has 0 atom stereocenters. The molecule has 3 rings (SSSR count). The van der Waals surface area contributed by atoms with Crippen LogP contribution < -0.4 is 5.32 Å². The quantitative estimate of drug-likeness (QED) is 0.632. The Bertz CT molecular complexity index is 938. The van der Waals surface area contributed by atoms with Crippen LogP contribution in [0.1, 0.15) is 22.6 Å². The number of rotatable bonds is 5. The molecule has 0 aliphatic carbocycles. The third-order valence-corrected chi connectivity index (χ3v) is 4.31. The van der Waals surface area contributed by atoms with Gasteiger partial charge in [-0.05, 0) is 34.1 Å². The van der Waals surface area contributed by atoms with Gasteiger partial charge in [-0.1, -0.05) is 17.7 Å². The predicted octanol–water partition coefficient (Wildman–Crippen LogP) is 4.33. The average Bonchev–Trinajstić information content (AvgIpc) is 3.19. The van der Waals surface area contributed by atoms with Crippen LogP contribution in [0.15, 0.2) is 41.1 Å². The van der Waals surface area contributed by atoms with Crippen molar-refractivity contribution in [2.45, 2.75) is 13.1 Å². The van der Waals surface area contributed by atoms with E-state index in [0.717, 1.165) is 12.3 Å². The summed E-state index contributed by atoms with van der Waals surface area (Å²) in [7, 11) is 0. The fraction of sp³-hybridized carbons (Fsp3) is 0.133. The number of hydrogen-bond donors (Lipinski definition) is 1. The Morgan fingerprint density at radius 1 is 1.31 bits per heavy atom. The maximum atomic E-state index is 13.9. The molecule has 2 heterocycles. The molecule has 6 nitrogen and oxygen atoms in total. The Balaban J connectivity index is 1.76. The lowest BCUT2D eigenvalue weighted by atomic mass is 10.2. The highest BCUT2D eigenvalue weighted by atomic mass is 79.9. The van der Waals surface area contributed by atoms with Gasteiger partial charge in [0.2, 0.25) is 0 Å². The minimum atomic E-state index is -2.84. The van der Waals surface area contributed by atoms with Crippen molar-refractivity contribution < 1.29 is 18.0 Å². The van der Waals surface area contributed by atoms with Crippen LogP contribution in [0.25, 0.3) is 0 Å². The van der Waals surface area contributed by atoms with Gasteiger partial charge in [-0.2, -0.15) is 19.0 Å². The molecule has 0 aliphatic rings. The number of hydrogen-bond acceptors (Lipinski definition) is 3. The molecule has 0 spiro atoms. The monoisotopic (exact) mass is 447 g/mol. The highest BCUT2D eigenvalue weighted by Crippen LogP contribution is 2.24. The van der Waals surface area contributed by atoms with Crippen LogP contribution in [-0.4, -0.2) is 25.5 Å². The predicted molar refractivity (Wildman–Crippen MR) is 91.9 cm³/mol. The molecule has 11 heteroatoms. The van der Waals surface area contributed by atoms with E-state index in [1.807, 2.05) is 0 Å². The molecule has 0 radical (unpaired) electrons. The van der Waals surface area contributed by atoms with Gasteiger partial charge in [-0.15, -0.1) is 0 Å². The van der Waals surface area contributed by atoms with E-state index < -0.39 is 18.3 Å². The molecule has 0 saturated heterocycles. The number of carbonyl (C=O) groups excluding carboxylic acids is 1. The number of alkyl halides is 2. The van der Waals surface area contributed by atoms with Crippen LogP contribution >= 0.6 is 27.5 Å². The molecule has 3 aromatic rings. The lowest BCUT2D eigenvalue weighted by molar-refractivity contribution is 0.0561. The van der Waals surface area contributed by atoms with E-state index >= 15 is 0 Å². The van der Waals surface area contributed by atoms with Crippen molar-refractivity contribution in [1.29, 1.82) is 0 Å². The second kappa shape index (κ2) is 7.50. The van der Waals surface area contributed by atoms with Crippen molar-refractivity contribution in [3.63, 3.8) is 0 Å². The third-order valence-electron chi connectivity index (χ3n) is 3.37. The molecule has 26 heavy (non-hydrogen) atoms. The minimum absolute atomic E-state index is 0.0417. The van der Waals surface area contributed by atoms with Crippen molar-refractivity contribution in [3.8, 4) is 0 Å². The number of benzene rings is 1. The summed E-state index contributed by atoms with van der Waals surface area (Å²) in [5.41, 5.74) is 0.0571. The van der Waals surface area contributed by atoms with Crippen LogP contribution in [0, 0.1) is 5.82 Å². The topological polar surface area (TPSA) is 64.7 Å². The second-order valence-electron chi connectivity index (χ2n) is 5.14. The Kier molecular flexibility index (Phi) is 5.33. The first kappa shape index (κ1) is 18.5. The summed E-state index contributed by atoms with van der Waals surface area (Å²) in [5.74, 6) is -1.06. The fourth-order valence-corrected chi connectivity index (χ4v) is 2.79. The van der Waals surface area contributed by atoms with E-state index in [-0.39, 0.29) is 28.6 Å². The number of aromatic nitrogens is 4. The van der Waals surface area contributed by atoms with Gasteiger partial charge in [0.05, 0.1) is 11.0 Å². The summed E-state index contributed by atoms with van der Waals surface area (Å²) in [4.78, 5) is 12.1. The van der Waals surface area contributed by atoms with Gasteiger partial charge in [-0.3, -0.25) is 9.48 Å². The summed E-state index contributed by atoms with van der Waals surface area (Å²) in [6.45, 7) is -2.80. The molecule has 1 amide bonds. The molecular weight excluding hydrogens is 439 g/mol. The van der Waals surface area contributed by atoms with Gasteiger partial charge in [0, 0.05) is 23.0 Å². The zero-order valence-electron chi connectivity index (χ0n) is 12.8. The zero-order chi connectivity index (χ0) is 18.8. The van der Waals surface area contributed by atoms with E-state index in [1.54, 1.807) is 6.07 Å². The van der Waals surface area contributed by atoms with E-state index in [4.69, 9.17) is 11.6 Å². The van der Waals surface area contributed by atoms with Gasteiger partial charge in [0.25, 0.3) is 5.91 Å². The SMILES string of the molecule is O=C(Nc1nn(Cc2c(F)cccc2Cl)cc1Br)c1ccn(C(F)F)n1. The standard InChI is InChI=1S/C15H10BrClF3N5O/c16-9-7-24(6-8-10(17)2-1-3-11(8)18)23-13(9)21-14(26)12-4-5-25(22-12)15(19)20/h1-5,7,15H,6H2,(H,21,23,26). The van der Waals surface area contributed by atoms with Crippen LogP contribution in [0.2, 0.25) is 5.02 Å². The molecule has 0 saturated carbocycles. The fourth-order valence-electron chi connectivity index (χ4n) is 2.15. The second-order valence-corrected chi connectivity index (χ2v) is 6.40. The third kappa shape index (κ3) is 3.91. The molecule has 1 N–H and O–H groups in total. The maximum absolute atomic E-state index is 13.9. The number of carbonyl (C=O) groups is 1. The molecule has 0 bridgehead atoms. The van der Waals surface area contributed by atoms with Crippen molar-refractivity contribution >= 4 is 39.3 Å². The normalized spacial score (nSPS) is 11.2. The number of halogens is 5. The molecule has 0 unspecified atom stereocenters. The van der Waals surface area contributed by atoms with E-state index in [9.17, 15) is 18.0 Å². The molecular formula is C15H10BrClF3N5O. The summed E-state index contributed by atoms with van der Waals surface area (Å²) >= 11 is 9.21. The Morgan fingerprint density at radius 3 is 2.73 bits per heavy atom. The van der Waals surface area contributed by atoms with Gasteiger partial charge < -0.3 is 5.32 Å². The Hall–Kier alpha value is -2.33. The lowest BCUT2D eigenvalue weighted by Gasteiger charge is -2.05. The highest BCUT2D eigenvalue weighted by Gasteiger charge is 2.17. The zero-order valence-corrected chi connectivity index (χ0v) is 15.2. The van der Waals surface area contributed by atoms with E-state index in [1.165, 1.54) is 23.0 Å². The molecule has 136 valence electrons. The number of nitrogens with zero attached hydrogens (tertiary/aromatic N) is 4. The maximum Gasteiger partial charge on any atom is 0.333 e. The minimum Gasteiger partial charge on any atom is -0.303 e. The lowest BCUT2D eigenvalue weighted by Crippen LogP contribution is -2.14. The van der Waals surface area contributed by atoms with Gasteiger partial charge in [0.15, 0.2) is 11.5 Å². The van der Waals surface area contributed by atoms with Crippen LogP contribution in [0.3, 0.4) is 0 Å². The number of amides is 1. The highest BCUT2D eigenvalue weighted by molar-refractivity contribution is 9.10. The first-order chi connectivity index (χ1) is 12.3. The summed E-state index contributed by atoms with van der Waals surface area (Å²) < 4.78 is 41.1. The average molecular weight is 449 g/mol. The molecule has 1 aromatic carbocycles. The van der Waals surface area contributed by atoms with Crippen LogP contribution in [0.4, 0.5) is 19.0 Å². The summed E-state index contributed by atoms with van der Waals surface area (Å²) in [5, 5.41) is 10.3. The summed E-state index contributed by atoms with van der Waals surface area (Å²) in [6, 6.07) is 5.48. The number of anilines is 1. The van der Waals surface area contributed by atoms with Crippen molar-refractivity contribution in [3.05, 3.63) is 63.2 Å². The smallest absolute Gasteiger partial charge is 0.303 e. The van der Waals surface area contributed by atoms with Crippen molar-refractivity contribution in [1.82, 2.24) is 19.6 Å². The first-order valence-electron chi connectivity index (χ1n) is 7.15. The van der Waals surface area contributed by atoms with Crippen LogP contribution in [0.5, 0.6) is 0 Å². The van der Waals surface area contributed by atoms with Crippen molar-refractivity contribution in [2.24, 2.45) is 0 Å². The molecule has 0 fully saturated rings. The van der Waals surface area contributed by atoms with E-state index in [0.29, 0.717) is 9.15 Å². The largest absolute Gasteiger partial charge is 0.333 e. The van der Waals surface area contributed by atoms with E-state index in [2.05, 4.69) is 31.4 Å². The number of nitrogens with one attached hydrogen (secondary N) is 1. The Morgan fingerprint density at radius 2 is 2.08 bits per heavy atom. The van der Waals surface area contributed by atoms with Gasteiger partial charge in [0.1, 0.15) is 5.82 Å². The van der Waals surface area contributed by atoms with Crippen molar-refractivity contribution in [2.75, 3.05) is 5.32 Å². The van der Waals surface area contributed by atoms with Crippen LogP contribution in [-0.2, 0) is 6.54 Å². The van der Waals surface area contributed by atoms with Gasteiger partial charge >= 0.3 is 6.55 Å². The Labute approximate surface area is 158 Å². The first-order valence-corrected chi connectivity index (χ1v) is 8.32.